The minimum absolute atomic E-state index is 0.0412. The molecule has 136 valence electrons. The Morgan fingerprint density at radius 3 is 2.73 bits per heavy atom. The first-order chi connectivity index (χ1) is 12.6. The summed E-state index contributed by atoms with van der Waals surface area (Å²) in [6, 6.07) is 14.7. The smallest absolute Gasteiger partial charge is 0.223 e. The molecular formula is C21H24FN3O. The quantitative estimate of drug-likeness (QED) is 0.656. The van der Waals surface area contributed by atoms with E-state index in [0.717, 1.165) is 29.8 Å². The third-order valence-electron chi connectivity index (χ3n) is 4.63. The Bertz CT molecular complexity index is 903. The summed E-state index contributed by atoms with van der Waals surface area (Å²) in [4.78, 5) is 16.8. The van der Waals surface area contributed by atoms with E-state index in [1.54, 1.807) is 18.2 Å². The van der Waals surface area contributed by atoms with Crippen LogP contribution in [0.2, 0.25) is 0 Å². The van der Waals surface area contributed by atoms with Gasteiger partial charge in [0, 0.05) is 19.0 Å². The predicted molar refractivity (Wildman–Crippen MR) is 101 cm³/mol. The summed E-state index contributed by atoms with van der Waals surface area (Å²) in [5.41, 5.74) is 2.69. The number of fused-ring (bicyclic) bond motifs is 1. The Morgan fingerprint density at radius 1 is 1.19 bits per heavy atom. The van der Waals surface area contributed by atoms with Gasteiger partial charge in [-0.2, -0.15) is 0 Å². The highest BCUT2D eigenvalue weighted by Crippen LogP contribution is 2.16. The first kappa shape index (κ1) is 18.1. The Hall–Kier alpha value is -2.69. The molecule has 1 atom stereocenters. The number of nitrogens with one attached hydrogen (secondary N) is 1. The van der Waals surface area contributed by atoms with Gasteiger partial charge in [0.05, 0.1) is 11.0 Å². The van der Waals surface area contributed by atoms with Crippen LogP contribution in [-0.2, 0) is 17.8 Å². The highest BCUT2D eigenvalue weighted by atomic mass is 19.1. The normalized spacial score (nSPS) is 12.3. The number of aryl methyl sites for hydroxylation is 2. The third kappa shape index (κ3) is 4.10. The van der Waals surface area contributed by atoms with Gasteiger partial charge in [0.2, 0.25) is 5.91 Å². The van der Waals surface area contributed by atoms with Crippen molar-refractivity contribution in [3.63, 3.8) is 0 Å². The van der Waals surface area contributed by atoms with Gasteiger partial charge in [-0.25, -0.2) is 9.37 Å². The number of amides is 1. The molecule has 0 fully saturated rings. The Balaban J connectivity index is 1.49. The van der Waals surface area contributed by atoms with Crippen molar-refractivity contribution in [1.29, 1.82) is 0 Å². The van der Waals surface area contributed by atoms with E-state index >= 15 is 0 Å². The summed E-state index contributed by atoms with van der Waals surface area (Å²) in [7, 11) is 0. The van der Waals surface area contributed by atoms with Crippen LogP contribution in [0.3, 0.4) is 0 Å². The first-order valence-corrected chi connectivity index (χ1v) is 8.99. The maximum Gasteiger partial charge on any atom is 0.223 e. The number of nitrogens with zero attached hydrogens (tertiary/aromatic N) is 2. The number of rotatable bonds is 7. The Kier molecular flexibility index (Phi) is 5.66. The lowest BCUT2D eigenvalue weighted by atomic mass is 10.00. The second kappa shape index (κ2) is 8.13. The van der Waals surface area contributed by atoms with Crippen molar-refractivity contribution >= 4 is 16.9 Å². The van der Waals surface area contributed by atoms with E-state index in [9.17, 15) is 9.18 Å². The van der Waals surface area contributed by atoms with E-state index in [0.29, 0.717) is 18.5 Å². The van der Waals surface area contributed by atoms with Gasteiger partial charge >= 0.3 is 0 Å². The van der Waals surface area contributed by atoms with Crippen LogP contribution in [0, 0.1) is 18.7 Å². The molecule has 4 nitrogen and oxygen atoms in total. The number of aromatic nitrogens is 2. The van der Waals surface area contributed by atoms with Gasteiger partial charge in [-0.1, -0.05) is 37.3 Å². The molecule has 5 heteroatoms. The number of hydrogen-bond acceptors (Lipinski definition) is 2. The summed E-state index contributed by atoms with van der Waals surface area (Å²) >= 11 is 0. The monoisotopic (exact) mass is 353 g/mol. The van der Waals surface area contributed by atoms with Crippen LogP contribution >= 0.6 is 0 Å². The molecule has 26 heavy (non-hydrogen) atoms. The Labute approximate surface area is 153 Å². The maximum atomic E-state index is 13.7. The average molecular weight is 353 g/mol. The zero-order valence-corrected chi connectivity index (χ0v) is 15.2. The third-order valence-corrected chi connectivity index (χ3v) is 4.63. The van der Waals surface area contributed by atoms with Crippen LogP contribution in [0.1, 0.15) is 24.7 Å². The number of carbonyl (C=O) groups is 1. The van der Waals surface area contributed by atoms with E-state index in [1.807, 2.05) is 32.0 Å². The van der Waals surface area contributed by atoms with Crippen molar-refractivity contribution in [2.75, 3.05) is 6.54 Å². The van der Waals surface area contributed by atoms with Gasteiger partial charge in [0.15, 0.2) is 0 Å². The molecule has 0 aliphatic rings. The topological polar surface area (TPSA) is 46.9 Å². The minimum Gasteiger partial charge on any atom is -0.356 e. The van der Waals surface area contributed by atoms with Crippen LogP contribution in [0.5, 0.6) is 0 Å². The lowest BCUT2D eigenvalue weighted by Crippen LogP contribution is -2.31. The summed E-state index contributed by atoms with van der Waals surface area (Å²) in [5, 5.41) is 2.96. The number of para-hydroxylation sites is 2. The molecule has 0 aliphatic carbocycles. The molecule has 1 aromatic heterocycles. The van der Waals surface area contributed by atoms with E-state index in [1.165, 1.54) is 6.07 Å². The van der Waals surface area contributed by atoms with Gasteiger partial charge in [-0.05, 0) is 43.5 Å². The zero-order chi connectivity index (χ0) is 18.5. The van der Waals surface area contributed by atoms with Crippen molar-refractivity contribution in [1.82, 2.24) is 14.9 Å². The number of hydrogen-bond donors (Lipinski definition) is 1. The van der Waals surface area contributed by atoms with Gasteiger partial charge < -0.3 is 9.88 Å². The molecule has 3 rings (SSSR count). The molecule has 3 aromatic rings. The number of imidazole rings is 1. The highest BCUT2D eigenvalue weighted by Gasteiger charge is 2.15. The van der Waals surface area contributed by atoms with E-state index in [2.05, 4.69) is 20.9 Å². The van der Waals surface area contributed by atoms with E-state index < -0.39 is 0 Å². The fourth-order valence-corrected chi connectivity index (χ4v) is 3.19. The number of benzene rings is 2. The van der Waals surface area contributed by atoms with Crippen molar-refractivity contribution in [3.05, 3.63) is 65.7 Å². The Morgan fingerprint density at radius 2 is 1.92 bits per heavy atom. The molecule has 0 aliphatic heterocycles. The van der Waals surface area contributed by atoms with Gasteiger partial charge in [-0.15, -0.1) is 0 Å². The van der Waals surface area contributed by atoms with Crippen LogP contribution in [0.15, 0.2) is 48.5 Å². The second-order valence-corrected chi connectivity index (χ2v) is 6.64. The largest absolute Gasteiger partial charge is 0.356 e. The van der Waals surface area contributed by atoms with Crippen molar-refractivity contribution in [3.8, 4) is 0 Å². The first-order valence-electron chi connectivity index (χ1n) is 8.99. The van der Waals surface area contributed by atoms with E-state index in [-0.39, 0.29) is 17.6 Å². The molecule has 0 saturated heterocycles. The highest BCUT2D eigenvalue weighted by molar-refractivity contribution is 5.78. The second-order valence-electron chi connectivity index (χ2n) is 6.64. The zero-order valence-electron chi connectivity index (χ0n) is 15.2. The summed E-state index contributed by atoms with van der Waals surface area (Å²) in [6.45, 7) is 5.21. The van der Waals surface area contributed by atoms with Gasteiger partial charge in [0.25, 0.3) is 0 Å². The summed E-state index contributed by atoms with van der Waals surface area (Å²) in [6.07, 6.45) is 1.23. The minimum atomic E-state index is -0.261. The summed E-state index contributed by atoms with van der Waals surface area (Å²) < 4.78 is 15.9. The van der Waals surface area contributed by atoms with Crippen molar-refractivity contribution in [2.45, 2.75) is 33.2 Å². The van der Waals surface area contributed by atoms with Crippen LogP contribution < -0.4 is 5.32 Å². The molecular weight excluding hydrogens is 329 g/mol. The fourth-order valence-electron chi connectivity index (χ4n) is 3.19. The standard InChI is InChI=1S/C21H24FN3O/c1-15(14-17-8-3-4-9-18(17)22)21(26)23-12-7-13-25-16(2)24-19-10-5-6-11-20(19)25/h3-6,8-11,15H,7,12-14H2,1-2H3,(H,23,26). The van der Waals surface area contributed by atoms with Crippen molar-refractivity contribution in [2.24, 2.45) is 5.92 Å². The summed E-state index contributed by atoms with van der Waals surface area (Å²) in [5.74, 6) is 0.420. The lowest BCUT2D eigenvalue weighted by Gasteiger charge is -2.13. The molecule has 1 N–H and O–H groups in total. The molecule has 1 amide bonds. The predicted octanol–water partition coefficient (Wildman–Crippen LogP) is 3.87. The van der Waals surface area contributed by atoms with Gasteiger partial charge in [-0.3, -0.25) is 4.79 Å². The van der Waals surface area contributed by atoms with Crippen LogP contribution in [0.4, 0.5) is 4.39 Å². The fraction of sp³-hybridized carbons (Fsp3) is 0.333. The van der Waals surface area contributed by atoms with E-state index in [4.69, 9.17) is 0 Å². The lowest BCUT2D eigenvalue weighted by molar-refractivity contribution is -0.124. The molecule has 2 aromatic carbocycles. The van der Waals surface area contributed by atoms with Crippen molar-refractivity contribution < 1.29 is 9.18 Å². The van der Waals surface area contributed by atoms with Crippen LogP contribution in [-0.4, -0.2) is 22.0 Å². The SMILES string of the molecule is Cc1nc2ccccc2n1CCCNC(=O)C(C)Cc1ccccc1F. The molecule has 0 bridgehead atoms. The average Bonchev–Trinajstić information content (AvgIpc) is 2.95. The molecule has 1 heterocycles. The number of halogens is 1. The molecule has 0 saturated carbocycles. The van der Waals surface area contributed by atoms with Crippen LogP contribution in [0.25, 0.3) is 11.0 Å². The molecule has 0 radical (unpaired) electrons. The molecule has 0 spiro atoms. The van der Waals surface area contributed by atoms with Gasteiger partial charge in [0.1, 0.15) is 11.6 Å². The molecule has 1 unspecified atom stereocenters. The maximum absolute atomic E-state index is 13.7. The number of carbonyl (C=O) groups excluding carboxylic acids is 1.